The molecule has 0 fully saturated rings. The average molecular weight is 250 g/mol. The van der Waals surface area contributed by atoms with Crippen molar-refractivity contribution in [3.05, 3.63) is 34.0 Å². The molecule has 0 saturated heterocycles. The van der Waals surface area contributed by atoms with E-state index in [2.05, 4.69) is 10.0 Å². The van der Waals surface area contributed by atoms with Gasteiger partial charge in [-0.25, -0.2) is 4.79 Å². The van der Waals surface area contributed by atoms with Gasteiger partial charge in [0.1, 0.15) is 0 Å². The van der Waals surface area contributed by atoms with Crippen LogP contribution < -0.4 is 0 Å². The lowest BCUT2D eigenvalue weighted by Crippen LogP contribution is -2.07. The number of Topliss-reactive ketones (excluding diaryl/α,β-unsaturated/α-hetero) is 1. The molecule has 0 aliphatic carbocycles. The molecule has 0 unspecified atom stereocenters. The number of rotatable bonds is 6. The van der Waals surface area contributed by atoms with Crippen LogP contribution in [0.2, 0.25) is 0 Å². The lowest BCUT2D eigenvalue weighted by atomic mass is 10.2. The molecule has 0 radical (unpaired) electrons. The van der Waals surface area contributed by atoms with Crippen LogP contribution in [-0.4, -0.2) is 29.5 Å². The number of ether oxygens (including phenoxy) is 1. The summed E-state index contributed by atoms with van der Waals surface area (Å²) >= 11 is 0. The van der Waals surface area contributed by atoms with E-state index in [-0.39, 0.29) is 18.9 Å². The lowest BCUT2D eigenvalue weighted by Gasteiger charge is -2.03. The summed E-state index contributed by atoms with van der Waals surface area (Å²) in [7, 11) is 0. The summed E-state index contributed by atoms with van der Waals surface area (Å²) < 4.78 is 6.44. The Hall–Kier alpha value is -2.27. The minimum absolute atomic E-state index is 0.161. The van der Waals surface area contributed by atoms with Crippen LogP contribution >= 0.6 is 0 Å². The van der Waals surface area contributed by atoms with E-state index in [0.29, 0.717) is 17.8 Å². The van der Waals surface area contributed by atoms with Gasteiger partial charge >= 0.3 is 5.97 Å². The first-order valence-corrected chi connectivity index (χ1v) is 5.49. The summed E-state index contributed by atoms with van der Waals surface area (Å²) in [5.41, 5.74) is 8.91. The molecule has 0 bridgehead atoms. The van der Waals surface area contributed by atoms with E-state index in [0.717, 1.165) is 0 Å². The van der Waals surface area contributed by atoms with Crippen molar-refractivity contribution in [3.8, 4) is 0 Å². The number of ketones is 1. The van der Waals surface area contributed by atoms with Gasteiger partial charge in [-0.2, -0.15) is 0 Å². The summed E-state index contributed by atoms with van der Waals surface area (Å²) in [5, 5.41) is 3.39. The van der Waals surface area contributed by atoms with Gasteiger partial charge in [0.25, 0.3) is 0 Å². The van der Waals surface area contributed by atoms with Gasteiger partial charge in [0.05, 0.1) is 17.9 Å². The number of azide groups is 1. The minimum atomic E-state index is -0.470. The van der Waals surface area contributed by atoms with E-state index in [4.69, 9.17) is 10.3 Å². The first-order chi connectivity index (χ1) is 8.60. The van der Waals surface area contributed by atoms with Gasteiger partial charge in [-0.15, -0.1) is 0 Å². The highest BCUT2D eigenvalue weighted by atomic mass is 16.5. The number of esters is 1. The van der Waals surface area contributed by atoms with E-state index in [1.54, 1.807) is 11.5 Å². The Kier molecular flexibility index (Phi) is 4.95. The SMILES string of the molecule is CCOC(=O)c1cc(C(C)=O)n(CCN=[N+]=[N-])c1. The molecular formula is C11H14N4O3. The van der Waals surface area contributed by atoms with Crippen LogP contribution in [0.3, 0.4) is 0 Å². The molecule has 1 aromatic heterocycles. The summed E-state index contributed by atoms with van der Waals surface area (Å²) in [6, 6.07) is 1.48. The molecule has 0 saturated carbocycles. The normalized spacial score (nSPS) is 9.67. The average Bonchev–Trinajstić information content (AvgIpc) is 2.74. The molecule has 0 amide bonds. The van der Waals surface area contributed by atoms with Crippen molar-refractivity contribution in [2.45, 2.75) is 20.4 Å². The van der Waals surface area contributed by atoms with Gasteiger partial charge in [0.2, 0.25) is 0 Å². The fraction of sp³-hybridized carbons (Fsp3) is 0.455. The third-order valence-corrected chi connectivity index (χ3v) is 2.27. The van der Waals surface area contributed by atoms with Crippen molar-refractivity contribution in [1.82, 2.24) is 4.57 Å². The topological polar surface area (TPSA) is 97.1 Å². The molecule has 0 spiro atoms. The van der Waals surface area contributed by atoms with Crippen LogP contribution in [0, 0.1) is 0 Å². The predicted molar refractivity (Wildman–Crippen MR) is 64.4 cm³/mol. The maximum atomic E-state index is 11.5. The summed E-state index contributed by atoms with van der Waals surface area (Å²) in [6.45, 7) is 3.96. The zero-order chi connectivity index (χ0) is 13.5. The number of carbonyl (C=O) groups is 2. The molecule has 1 heterocycles. The fourth-order valence-electron chi connectivity index (χ4n) is 1.52. The zero-order valence-electron chi connectivity index (χ0n) is 10.3. The number of hydrogen-bond donors (Lipinski definition) is 0. The van der Waals surface area contributed by atoms with E-state index in [1.165, 1.54) is 19.2 Å². The van der Waals surface area contributed by atoms with E-state index < -0.39 is 5.97 Å². The smallest absolute Gasteiger partial charge is 0.339 e. The molecule has 0 aliphatic heterocycles. The van der Waals surface area contributed by atoms with Crippen LogP contribution in [-0.2, 0) is 11.3 Å². The second kappa shape index (κ2) is 6.46. The number of hydrogen-bond acceptors (Lipinski definition) is 4. The van der Waals surface area contributed by atoms with E-state index in [1.807, 2.05) is 0 Å². The molecule has 1 rings (SSSR count). The highest BCUT2D eigenvalue weighted by molar-refractivity contribution is 5.97. The van der Waals surface area contributed by atoms with Crippen molar-refractivity contribution in [2.24, 2.45) is 5.11 Å². The monoisotopic (exact) mass is 250 g/mol. The second-order valence-corrected chi connectivity index (χ2v) is 3.54. The van der Waals surface area contributed by atoms with Crippen LogP contribution in [0.25, 0.3) is 10.4 Å². The molecular weight excluding hydrogens is 236 g/mol. The molecule has 96 valence electrons. The van der Waals surface area contributed by atoms with Gasteiger partial charge in [0.15, 0.2) is 5.78 Å². The zero-order valence-corrected chi connectivity index (χ0v) is 10.3. The maximum Gasteiger partial charge on any atom is 0.339 e. The molecule has 0 atom stereocenters. The standard InChI is InChI=1S/C11H14N4O3/c1-3-18-11(17)9-6-10(8(2)16)15(7-9)5-4-13-14-12/h6-7H,3-5H2,1-2H3. The van der Waals surface area contributed by atoms with Gasteiger partial charge in [-0.05, 0) is 18.5 Å². The molecule has 1 aromatic rings. The molecule has 7 nitrogen and oxygen atoms in total. The Labute approximate surface area is 104 Å². The van der Waals surface area contributed by atoms with Crippen LogP contribution in [0.4, 0.5) is 0 Å². The van der Waals surface area contributed by atoms with Gasteiger partial charge < -0.3 is 9.30 Å². The predicted octanol–water partition coefficient (Wildman–Crippen LogP) is 2.18. The fourth-order valence-corrected chi connectivity index (χ4v) is 1.52. The molecule has 0 aliphatic rings. The van der Waals surface area contributed by atoms with Crippen LogP contribution in [0.5, 0.6) is 0 Å². The van der Waals surface area contributed by atoms with E-state index >= 15 is 0 Å². The van der Waals surface area contributed by atoms with Crippen molar-refractivity contribution in [3.63, 3.8) is 0 Å². The highest BCUT2D eigenvalue weighted by Gasteiger charge is 2.15. The quantitative estimate of drug-likeness (QED) is 0.254. The summed E-state index contributed by atoms with van der Waals surface area (Å²) in [4.78, 5) is 25.6. The molecule has 7 heteroatoms. The summed E-state index contributed by atoms with van der Waals surface area (Å²) in [6.07, 6.45) is 1.53. The van der Waals surface area contributed by atoms with Crippen molar-refractivity contribution in [2.75, 3.05) is 13.2 Å². The van der Waals surface area contributed by atoms with Crippen molar-refractivity contribution in [1.29, 1.82) is 0 Å². The second-order valence-electron chi connectivity index (χ2n) is 3.54. The Balaban J connectivity index is 2.96. The molecule has 0 N–H and O–H groups in total. The number of aromatic nitrogens is 1. The largest absolute Gasteiger partial charge is 0.462 e. The van der Waals surface area contributed by atoms with Crippen LogP contribution in [0.15, 0.2) is 17.4 Å². The maximum absolute atomic E-state index is 11.5. The van der Waals surface area contributed by atoms with E-state index in [9.17, 15) is 9.59 Å². The molecule has 0 aromatic carbocycles. The number of nitrogens with zero attached hydrogens (tertiary/aromatic N) is 4. The summed E-state index contributed by atoms with van der Waals surface area (Å²) in [5.74, 6) is -0.631. The van der Waals surface area contributed by atoms with Crippen molar-refractivity contribution >= 4 is 11.8 Å². The van der Waals surface area contributed by atoms with Crippen molar-refractivity contribution < 1.29 is 14.3 Å². The first kappa shape index (κ1) is 13.8. The van der Waals surface area contributed by atoms with Crippen LogP contribution in [0.1, 0.15) is 34.7 Å². The lowest BCUT2D eigenvalue weighted by molar-refractivity contribution is 0.0526. The Bertz CT molecular complexity index is 500. The van der Waals surface area contributed by atoms with Gasteiger partial charge in [-0.3, -0.25) is 4.79 Å². The Morgan fingerprint density at radius 2 is 2.28 bits per heavy atom. The van der Waals surface area contributed by atoms with Gasteiger partial charge in [-0.1, -0.05) is 5.11 Å². The highest BCUT2D eigenvalue weighted by Crippen LogP contribution is 2.11. The first-order valence-electron chi connectivity index (χ1n) is 5.49. The Morgan fingerprint density at radius 1 is 1.56 bits per heavy atom. The number of carbonyl (C=O) groups excluding carboxylic acids is 2. The minimum Gasteiger partial charge on any atom is -0.462 e. The third-order valence-electron chi connectivity index (χ3n) is 2.27. The Morgan fingerprint density at radius 3 is 2.83 bits per heavy atom. The molecule has 18 heavy (non-hydrogen) atoms. The van der Waals surface area contributed by atoms with Gasteiger partial charge in [0, 0.05) is 31.1 Å². The third kappa shape index (κ3) is 3.36.